The number of carbonyl (C=O) groups excluding carboxylic acids is 2. The summed E-state index contributed by atoms with van der Waals surface area (Å²) >= 11 is 0. The number of carboxylic acids is 1. The standard InChI is InChI=1S/C9H15N3O4/c1-9(3-2-4-10)7(15)12(5-6(13)14)8(16)11-9/h2-5,10H2,1H3,(H,11,16)(H,13,14). The van der Waals surface area contributed by atoms with E-state index in [2.05, 4.69) is 5.32 Å². The van der Waals surface area contributed by atoms with E-state index in [1.165, 1.54) is 0 Å². The molecule has 0 aromatic rings. The quantitative estimate of drug-likeness (QED) is 0.530. The van der Waals surface area contributed by atoms with Crippen molar-refractivity contribution < 1.29 is 19.5 Å². The average Bonchev–Trinajstić information content (AvgIpc) is 2.39. The third kappa shape index (κ3) is 2.30. The average molecular weight is 229 g/mol. The summed E-state index contributed by atoms with van der Waals surface area (Å²) in [6.45, 7) is 1.38. The van der Waals surface area contributed by atoms with E-state index in [1.807, 2.05) is 0 Å². The van der Waals surface area contributed by atoms with Crippen LogP contribution in [0.2, 0.25) is 0 Å². The van der Waals surface area contributed by atoms with Gasteiger partial charge in [-0.1, -0.05) is 0 Å². The zero-order valence-corrected chi connectivity index (χ0v) is 9.02. The van der Waals surface area contributed by atoms with Crippen molar-refractivity contribution in [3.8, 4) is 0 Å². The zero-order valence-electron chi connectivity index (χ0n) is 9.02. The molecule has 1 fully saturated rings. The molecule has 1 saturated heterocycles. The van der Waals surface area contributed by atoms with Crippen LogP contribution in [0.25, 0.3) is 0 Å². The van der Waals surface area contributed by atoms with Crippen molar-refractivity contribution in [3.63, 3.8) is 0 Å². The molecule has 1 rings (SSSR count). The molecule has 1 unspecified atom stereocenters. The fourth-order valence-corrected chi connectivity index (χ4v) is 1.65. The highest BCUT2D eigenvalue weighted by molar-refractivity contribution is 6.08. The van der Waals surface area contributed by atoms with Gasteiger partial charge in [0.25, 0.3) is 5.91 Å². The van der Waals surface area contributed by atoms with Crippen molar-refractivity contribution in [2.24, 2.45) is 5.73 Å². The lowest BCUT2D eigenvalue weighted by molar-refractivity contribution is -0.142. The van der Waals surface area contributed by atoms with Gasteiger partial charge in [-0.05, 0) is 26.3 Å². The Kier molecular flexibility index (Phi) is 3.48. The van der Waals surface area contributed by atoms with E-state index in [0.717, 1.165) is 0 Å². The number of urea groups is 1. The van der Waals surface area contributed by atoms with E-state index in [1.54, 1.807) is 6.92 Å². The van der Waals surface area contributed by atoms with Crippen molar-refractivity contribution in [2.75, 3.05) is 13.1 Å². The van der Waals surface area contributed by atoms with Gasteiger partial charge in [0.15, 0.2) is 0 Å². The smallest absolute Gasteiger partial charge is 0.325 e. The molecule has 0 saturated carbocycles. The van der Waals surface area contributed by atoms with E-state index >= 15 is 0 Å². The SMILES string of the molecule is CC1(CCCN)NC(=O)N(CC(=O)O)C1=O. The van der Waals surface area contributed by atoms with E-state index in [9.17, 15) is 14.4 Å². The highest BCUT2D eigenvalue weighted by Crippen LogP contribution is 2.22. The van der Waals surface area contributed by atoms with Gasteiger partial charge >= 0.3 is 12.0 Å². The molecule has 1 aliphatic rings. The predicted molar refractivity (Wildman–Crippen MR) is 54.6 cm³/mol. The van der Waals surface area contributed by atoms with E-state index in [-0.39, 0.29) is 0 Å². The highest BCUT2D eigenvalue weighted by Gasteiger charge is 2.47. The molecule has 0 aromatic heterocycles. The maximum Gasteiger partial charge on any atom is 0.325 e. The van der Waals surface area contributed by atoms with Crippen molar-refractivity contribution in [2.45, 2.75) is 25.3 Å². The lowest BCUT2D eigenvalue weighted by atomic mass is 9.96. The molecule has 16 heavy (non-hydrogen) atoms. The van der Waals surface area contributed by atoms with Crippen molar-refractivity contribution in [3.05, 3.63) is 0 Å². The van der Waals surface area contributed by atoms with Gasteiger partial charge in [0.2, 0.25) is 0 Å². The summed E-state index contributed by atoms with van der Waals surface area (Å²) in [5.41, 5.74) is 4.31. The topological polar surface area (TPSA) is 113 Å². The van der Waals surface area contributed by atoms with Crippen LogP contribution in [0.3, 0.4) is 0 Å². The van der Waals surface area contributed by atoms with E-state index in [4.69, 9.17) is 10.8 Å². The molecule has 1 heterocycles. The van der Waals surface area contributed by atoms with Crippen LogP contribution in [0, 0.1) is 0 Å². The number of amides is 3. The number of nitrogens with two attached hydrogens (primary N) is 1. The molecule has 90 valence electrons. The first-order valence-electron chi connectivity index (χ1n) is 4.96. The summed E-state index contributed by atoms with van der Waals surface area (Å²) in [6, 6.07) is -0.660. The second-order valence-corrected chi connectivity index (χ2v) is 3.94. The molecule has 4 N–H and O–H groups in total. The normalized spacial score (nSPS) is 24.8. The first-order valence-corrected chi connectivity index (χ1v) is 4.96. The van der Waals surface area contributed by atoms with Crippen LogP contribution in [0.5, 0.6) is 0 Å². The van der Waals surface area contributed by atoms with Crippen molar-refractivity contribution in [1.29, 1.82) is 0 Å². The van der Waals surface area contributed by atoms with Gasteiger partial charge < -0.3 is 16.2 Å². The van der Waals surface area contributed by atoms with Gasteiger partial charge in [0.1, 0.15) is 12.1 Å². The molecule has 0 bridgehead atoms. The van der Waals surface area contributed by atoms with Crippen molar-refractivity contribution in [1.82, 2.24) is 10.2 Å². The van der Waals surface area contributed by atoms with Crippen LogP contribution in [-0.4, -0.2) is 46.5 Å². The Balaban J connectivity index is 2.76. The fraction of sp³-hybridized carbons (Fsp3) is 0.667. The van der Waals surface area contributed by atoms with E-state index < -0.39 is 30.0 Å². The number of hydrogen-bond acceptors (Lipinski definition) is 4. The van der Waals surface area contributed by atoms with Crippen LogP contribution < -0.4 is 11.1 Å². The fourth-order valence-electron chi connectivity index (χ4n) is 1.65. The summed E-state index contributed by atoms with van der Waals surface area (Å²) in [7, 11) is 0. The Morgan fingerprint density at radius 3 is 2.69 bits per heavy atom. The number of nitrogens with one attached hydrogen (secondary N) is 1. The lowest BCUT2D eigenvalue weighted by Crippen LogP contribution is -2.44. The number of carbonyl (C=O) groups is 3. The lowest BCUT2D eigenvalue weighted by Gasteiger charge is -2.20. The van der Waals surface area contributed by atoms with E-state index in [0.29, 0.717) is 24.3 Å². The van der Waals surface area contributed by atoms with Gasteiger partial charge in [0.05, 0.1) is 0 Å². The summed E-state index contributed by atoms with van der Waals surface area (Å²) in [5.74, 6) is -1.72. The molecular formula is C9H15N3O4. The van der Waals surface area contributed by atoms with Crippen LogP contribution >= 0.6 is 0 Å². The third-order valence-electron chi connectivity index (χ3n) is 2.52. The molecule has 1 atom stereocenters. The molecule has 0 aliphatic carbocycles. The largest absolute Gasteiger partial charge is 0.480 e. The van der Waals surface area contributed by atoms with Gasteiger partial charge in [-0.15, -0.1) is 0 Å². The Morgan fingerprint density at radius 2 is 2.19 bits per heavy atom. The predicted octanol–water partition coefficient (Wildman–Crippen LogP) is -0.880. The first-order chi connectivity index (χ1) is 7.40. The molecular weight excluding hydrogens is 214 g/mol. The highest BCUT2D eigenvalue weighted by atomic mass is 16.4. The Morgan fingerprint density at radius 1 is 1.56 bits per heavy atom. The maximum atomic E-state index is 11.8. The summed E-state index contributed by atoms with van der Waals surface area (Å²) < 4.78 is 0. The monoisotopic (exact) mass is 229 g/mol. The third-order valence-corrected chi connectivity index (χ3v) is 2.52. The molecule has 0 spiro atoms. The number of carboxylic acid groups (broad SMARTS) is 1. The molecule has 1 aliphatic heterocycles. The van der Waals surface area contributed by atoms with Crippen LogP contribution in [0.1, 0.15) is 19.8 Å². The second-order valence-electron chi connectivity index (χ2n) is 3.94. The minimum absolute atomic E-state index is 0.407. The molecule has 0 aromatic carbocycles. The Hall–Kier alpha value is -1.63. The van der Waals surface area contributed by atoms with Gasteiger partial charge in [-0.25, -0.2) is 4.79 Å². The molecule has 7 nitrogen and oxygen atoms in total. The van der Waals surface area contributed by atoms with Gasteiger partial charge in [-0.2, -0.15) is 0 Å². The minimum atomic E-state index is -1.22. The molecule has 7 heteroatoms. The number of hydrogen-bond donors (Lipinski definition) is 3. The number of aliphatic carboxylic acids is 1. The number of imide groups is 1. The van der Waals surface area contributed by atoms with Gasteiger partial charge in [0, 0.05) is 0 Å². The zero-order chi connectivity index (χ0) is 12.3. The van der Waals surface area contributed by atoms with Gasteiger partial charge in [-0.3, -0.25) is 14.5 Å². The van der Waals surface area contributed by atoms with Crippen LogP contribution in [0.4, 0.5) is 4.79 Å². The maximum absolute atomic E-state index is 11.8. The number of nitrogens with zero attached hydrogens (tertiary/aromatic N) is 1. The van der Waals surface area contributed by atoms with Crippen molar-refractivity contribution >= 4 is 17.9 Å². The van der Waals surface area contributed by atoms with Crippen LogP contribution in [0.15, 0.2) is 0 Å². The van der Waals surface area contributed by atoms with Crippen LogP contribution in [-0.2, 0) is 9.59 Å². The molecule has 0 radical (unpaired) electrons. The summed E-state index contributed by atoms with van der Waals surface area (Å²) in [6.07, 6.45) is 0.994. The molecule has 3 amide bonds. The minimum Gasteiger partial charge on any atom is -0.480 e. The Labute approximate surface area is 92.6 Å². The number of rotatable bonds is 5. The Bertz CT molecular complexity index is 331. The summed E-state index contributed by atoms with van der Waals surface area (Å²) in [5, 5.41) is 11.1. The second kappa shape index (κ2) is 4.48. The first kappa shape index (κ1) is 12.4. The summed E-state index contributed by atoms with van der Waals surface area (Å²) in [4.78, 5) is 34.4.